The number of carbonyl (C=O) groups excluding carboxylic acids is 1. The van der Waals surface area contributed by atoms with E-state index in [4.69, 9.17) is 4.74 Å². The van der Waals surface area contributed by atoms with Crippen LogP contribution >= 0.6 is 0 Å². The molecule has 0 aromatic carbocycles. The highest BCUT2D eigenvalue weighted by molar-refractivity contribution is 5.98. The summed E-state index contributed by atoms with van der Waals surface area (Å²) >= 11 is 0. The Morgan fingerprint density at radius 3 is 3.06 bits per heavy atom. The zero-order chi connectivity index (χ0) is 11.5. The molecule has 0 fully saturated rings. The van der Waals surface area contributed by atoms with E-state index in [1.54, 1.807) is 0 Å². The Bertz CT molecular complexity index is 381. The molecule has 0 amide bonds. The van der Waals surface area contributed by atoms with Gasteiger partial charge in [0, 0.05) is 30.5 Å². The van der Waals surface area contributed by atoms with E-state index in [1.807, 2.05) is 19.2 Å². The van der Waals surface area contributed by atoms with Crippen LogP contribution in [0.15, 0.2) is 12.3 Å². The van der Waals surface area contributed by atoms with E-state index in [2.05, 4.69) is 11.5 Å². The van der Waals surface area contributed by atoms with Crippen LogP contribution in [0.1, 0.15) is 48.8 Å². The normalized spacial score (nSPS) is 17.2. The van der Waals surface area contributed by atoms with Gasteiger partial charge in [0.1, 0.15) is 0 Å². The number of rotatable bonds is 4. The molecule has 1 aromatic rings. The van der Waals surface area contributed by atoms with Gasteiger partial charge in [0.15, 0.2) is 5.78 Å². The monoisotopic (exact) mass is 221 g/mol. The van der Waals surface area contributed by atoms with E-state index < -0.39 is 0 Å². The fraction of sp³-hybridized carbons (Fsp3) is 0.615. The second-order valence-corrected chi connectivity index (χ2v) is 4.37. The summed E-state index contributed by atoms with van der Waals surface area (Å²) in [6.45, 7) is 5.59. The van der Waals surface area contributed by atoms with Gasteiger partial charge in [0.05, 0.1) is 12.6 Å². The van der Waals surface area contributed by atoms with Gasteiger partial charge in [0.25, 0.3) is 0 Å². The molecule has 1 heterocycles. The lowest BCUT2D eigenvalue weighted by molar-refractivity contribution is 0.0968. The zero-order valence-electron chi connectivity index (χ0n) is 10.0. The smallest absolute Gasteiger partial charge is 0.164 e. The van der Waals surface area contributed by atoms with E-state index in [9.17, 15) is 4.79 Å². The summed E-state index contributed by atoms with van der Waals surface area (Å²) in [4.78, 5) is 11.7. The lowest BCUT2D eigenvalue weighted by Crippen LogP contribution is -2.18. The minimum absolute atomic E-state index is 0.295. The molecule has 16 heavy (non-hydrogen) atoms. The van der Waals surface area contributed by atoms with Gasteiger partial charge in [-0.2, -0.15) is 0 Å². The second-order valence-electron chi connectivity index (χ2n) is 4.37. The molecule has 0 N–H and O–H groups in total. The van der Waals surface area contributed by atoms with E-state index in [-0.39, 0.29) is 0 Å². The molecule has 1 aliphatic carbocycles. The van der Waals surface area contributed by atoms with Gasteiger partial charge in [-0.3, -0.25) is 4.79 Å². The van der Waals surface area contributed by atoms with Crippen LogP contribution in [0.25, 0.3) is 0 Å². The number of hydrogen-bond donors (Lipinski definition) is 0. The number of carbonyl (C=O) groups is 1. The van der Waals surface area contributed by atoms with Gasteiger partial charge >= 0.3 is 0 Å². The van der Waals surface area contributed by atoms with Gasteiger partial charge in [0.2, 0.25) is 0 Å². The molecule has 0 bridgehead atoms. The van der Waals surface area contributed by atoms with Gasteiger partial charge in [-0.05, 0) is 32.8 Å². The fourth-order valence-electron chi connectivity index (χ4n) is 2.33. The topological polar surface area (TPSA) is 31.2 Å². The molecule has 3 nitrogen and oxygen atoms in total. The summed E-state index contributed by atoms with van der Waals surface area (Å²) < 4.78 is 7.63. The van der Waals surface area contributed by atoms with Crippen molar-refractivity contribution in [3.63, 3.8) is 0 Å². The number of ketones is 1. The zero-order valence-corrected chi connectivity index (χ0v) is 10.0. The van der Waals surface area contributed by atoms with Crippen molar-refractivity contribution >= 4 is 5.78 Å². The van der Waals surface area contributed by atoms with Crippen LogP contribution < -0.4 is 0 Å². The third kappa shape index (κ3) is 2.05. The van der Waals surface area contributed by atoms with Crippen LogP contribution in [-0.2, 0) is 11.2 Å². The van der Waals surface area contributed by atoms with Crippen molar-refractivity contribution in [1.29, 1.82) is 0 Å². The Hall–Kier alpha value is -1.09. The first kappa shape index (κ1) is 11.4. The van der Waals surface area contributed by atoms with Gasteiger partial charge < -0.3 is 9.30 Å². The Morgan fingerprint density at radius 2 is 2.31 bits per heavy atom. The average Bonchev–Trinajstić information content (AvgIpc) is 2.71. The predicted octanol–water partition coefficient (Wildman–Crippen LogP) is 2.60. The molecule has 88 valence electrons. The third-order valence-corrected chi connectivity index (χ3v) is 3.18. The number of hydrogen-bond acceptors (Lipinski definition) is 2. The summed E-state index contributed by atoms with van der Waals surface area (Å²) in [5.41, 5.74) is 2.12. The predicted molar refractivity (Wildman–Crippen MR) is 62.9 cm³/mol. The standard InChI is InChI=1S/C13H19NO2/c1-3-16-9-10(2)14-8-7-11-12(14)5-4-6-13(11)15/h7-8,10H,3-6,9H2,1-2H3. The first-order valence-corrected chi connectivity index (χ1v) is 6.04. The highest BCUT2D eigenvalue weighted by Crippen LogP contribution is 2.25. The molecule has 0 spiro atoms. The number of aromatic nitrogens is 1. The minimum atomic E-state index is 0.295. The summed E-state index contributed by atoms with van der Waals surface area (Å²) in [5.74, 6) is 0.295. The highest BCUT2D eigenvalue weighted by Gasteiger charge is 2.22. The van der Waals surface area contributed by atoms with Crippen molar-refractivity contribution in [3.8, 4) is 0 Å². The Balaban J connectivity index is 2.19. The molecule has 1 atom stereocenters. The molecule has 1 aliphatic rings. The molecule has 0 saturated heterocycles. The molecule has 3 heteroatoms. The van der Waals surface area contributed by atoms with E-state index in [0.717, 1.165) is 25.0 Å². The maximum absolute atomic E-state index is 11.7. The van der Waals surface area contributed by atoms with E-state index in [0.29, 0.717) is 24.9 Å². The molecule has 1 unspecified atom stereocenters. The largest absolute Gasteiger partial charge is 0.380 e. The molecular weight excluding hydrogens is 202 g/mol. The SMILES string of the molecule is CCOCC(C)n1ccc2c1CCCC2=O. The first-order chi connectivity index (χ1) is 7.74. The second kappa shape index (κ2) is 4.83. The maximum Gasteiger partial charge on any atom is 0.164 e. The van der Waals surface area contributed by atoms with Crippen molar-refractivity contribution in [2.45, 2.75) is 39.2 Å². The molecule has 0 aliphatic heterocycles. The van der Waals surface area contributed by atoms with Crippen molar-refractivity contribution in [2.24, 2.45) is 0 Å². The van der Waals surface area contributed by atoms with Crippen molar-refractivity contribution in [1.82, 2.24) is 4.57 Å². The van der Waals surface area contributed by atoms with Crippen LogP contribution in [0, 0.1) is 0 Å². The Kier molecular flexibility index (Phi) is 3.44. The van der Waals surface area contributed by atoms with Crippen LogP contribution in [-0.4, -0.2) is 23.6 Å². The molecule has 0 radical (unpaired) electrons. The summed E-state index contributed by atoms with van der Waals surface area (Å²) in [6.07, 6.45) is 4.73. The number of nitrogens with zero attached hydrogens (tertiary/aromatic N) is 1. The quantitative estimate of drug-likeness (QED) is 0.782. The van der Waals surface area contributed by atoms with Crippen LogP contribution in [0.4, 0.5) is 0 Å². The van der Waals surface area contributed by atoms with Crippen molar-refractivity contribution in [3.05, 3.63) is 23.5 Å². The molecule has 2 rings (SSSR count). The molecular formula is C13H19NO2. The summed E-state index contributed by atoms with van der Waals surface area (Å²) in [5, 5.41) is 0. The molecule has 1 aromatic heterocycles. The third-order valence-electron chi connectivity index (χ3n) is 3.18. The van der Waals surface area contributed by atoms with Gasteiger partial charge in [-0.25, -0.2) is 0 Å². The average molecular weight is 221 g/mol. The fourth-order valence-corrected chi connectivity index (χ4v) is 2.33. The highest BCUT2D eigenvalue weighted by atomic mass is 16.5. The Labute approximate surface area is 96.4 Å². The van der Waals surface area contributed by atoms with Crippen molar-refractivity contribution < 1.29 is 9.53 Å². The van der Waals surface area contributed by atoms with Crippen LogP contribution in [0.5, 0.6) is 0 Å². The number of Topliss-reactive ketones (excluding diaryl/α,β-unsaturated/α-hetero) is 1. The van der Waals surface area contributed by atoms with Crippen molar-refractivity contribution in [2.75, 3.05) is 13.2 Å². The minimum Gasteiger partial charge on any atom is -0.380 e. The summed E-state index contributed by atoms with van der Waals surface area (Å²) in [7, 11) is 0. The number of ether oxygens (including phenoxy) is 1. The first-order valence-electron chi connectivity index (χ1n) is 6.04. The summed E-state index contributed by atoms with van der Waals surface area (Å²) in [6, 6.07) is 2.27. The molecule has 0 saturated carbocycles. The van der Waals surface area contributed by atoms with Gasteiger partial charge in [-0.15, -0.1) is 0 Å². The lowest BCUT2D eigenvalue weighted by atomic mass is 9.96. The maximum atomic E-state index is 11.7. The lowest BCUT2D eigenvalue weighted by Gasteiger charge is -2.20. The van der Waals surface area contributed by atoms with Crippen LogP contribution in [0.3, 0.4) is 0 Å². The number of fused-ring (bicyclic) bond motifs is 1. The van der Waals surface area contributed by atoms with E-state index >= 15 is 0 Å². The van der Waals surface area contributed by atoms with E-state index in [1.165, 1.54) is 5.69 Å². The van der Waals surface area contributed by atoms with Gasteiger partial charge in [-0.1, -0.05) is 0 Å². The van der Waals surface area contributed by atoms with Crippen LogP contribution in [0.2, 0.25) is 0 Å². The Morgan fingerprint density at radius 1 is 1.50 bits per heavy atom.